The van der Waals surface area contributed by atoms with E-state index in [1.54, 1.807) is 12.4 Å². The minimum absolute atomic E-state index is 0.364. The molecule has 3 N–H and O–H groups in total. The molecule has 4 aromatic heterocycles. The highest BCUT2D eigenvalue weighted by Crippen LogP contribution is 2.28. The predicted octanol–water partition coefficient (Wildman–Crippen LogP) is 3.19. The van der Waals surface area contributed by atoms with Crippen molar-refractivity contribution in [3.8, 4) is 11.4 Å². The van der Waals surface area contributed by atoms with Gasteiger partial charge in [0.15, 0.2) is 11.6 Å². The Labute approximate surface area is 170 Å². The molecule has 10 nitrogen and oxygen atoms in total. The van der Waals surface area contributed by atoms with Crippen molar-refractivity contribution in [2.45, 2.75) is 18.9 Å². The molecule has 10 heteroatoms. The molecule has 0 atom stereocenters. The Morgan fingerprint density at radius 3 is 2.87 bits per heavy atom. The molecule has 1 saturated heterocycles. The molecule has 6 rings (SSSR count). The second kappa shape index (κ2) is 6.92. The Hall–Kier alpha value is -3.79. The van der Waals surface area contributed by atoms with E-state index in [1.165, 1.54) is 0 Å². The topological polar surface area (TPSA) is 122 Å². The number of rotatable bonds is 4. The molecular formula is C20H19N9O. The summed E-state index contributed by atoms with van der Waals surface area (Å²) in [5.74, 6) is 1.27. The molecular weight excluding hydrogens is 382 g/mol. The van der Waals surface area contributed by atoms with E-state index in [4.69, 9.17) is 9.72 Å². The monoisotopic (exact) mass is 401 g/mol. The number of nitrogens with one attached hydrogen (secondary N) is 3. The number of aromatic amines is 2. The first kappa shape index (κ1) is 17.1. The van der Waals surface area contributed by atoms with Gasteiger partial charge in [-0.1, -0.05) is 12.1 Å². The van der Waals surface area contributed by atoms with Crippen LogP contribution in [0.4, 0.5) is 11.5 Å². The van der Waals surface area contributed by atoms with Crippen LogP contribution in [0.25, 0.3) is 33.3 Å². The second-order valence-electron chi connectivity index (χ2n) is 7.38. The van der Waals surface area contributed by atoms with Gasteiger partial charge < -0.3 is 10.1 Å². The van der Waals surface area contributed by atoms with Gasteiger partial charge in [0, 0.05) is 30.4 Å². The van der Waals surface area contributed by atoms with Crippen LogP contribution in [0.15, 0.2) is 43.0 Å². The zero-order chi connectivity index (χ0) is 19.9. The molecule has 0 radical (unpaired) electrons. The molecule has 0 unspecified atom stereocenters. The van der Waals surface area contributed by atoms with Crippen molar-refractivity contribution >= 4 is 33.4 Å². The quantitative estimate of drug-likeness (QED) is 0.423. The van der Waals surface area contributed by atoms with Gasteiger partial charge in [-0.3, -0.25) is 14.9 Å². The summed E-state index contributed by atoms with van der Waals surface area (Å²) in [6.45, 7) is 1.55. The molecule has 0 bridgehead atoms. The molecule has 1 aromatic carbocycles. The summed E-state index contributed by atoms with van der Waals surface area (Å²) >= 11 is 0. The van der Waals surface area contributed by atoms with Crippen LogP contribution >= 0.6 is 0 Å². The highest BCUT2D eigenvalue weighted by atomic mass is 16.5. The number of nitrogens with zero attached hydrogens (tertiary/aromatic N) is 6. The Kier molecular flexibility index (Phi) is 3.94. The summed E-state index contributed by atoms with van der Waals surface area (Å²) in [7, 11) is 0. The molecule has 0 aliphatic carbocycles. The smallest absolute Gasteiger partial charge is 0.162 e. The van der Waals surface area contributed by atoms with Gasteiger partial charge in [0.25, 0.3) is 0 Å². The SMILES string of the molecule is c1nn(C2CCOCC2)cc1Nc1nc(-c2ccc3cn[nH]c3c2)nc2cn[nH]c12. The molecule has 30 heavy (non-hydrogen) atoms. The number of anilines is 2. The number of H-pyrrole nitrogens is 2. The summed E-state index contributed by atoms with van der Waals surface area (Å²) in [5, 5.41) is 23.2. The Morgan fingerprint density at radius 2 is 1.93 bits per heavy atom. The van der Waals surface area contributed by atoms with Crippen molar-refractivity contribution in [3.63, 3.8) is 0 Å². The largest absolute Gasteiger partial charge is 0.381 e. The average molecular weight is 401 g/mol. The van der Waals surface area contributed by atoms with E-state index >= 15 is 0 Å². The first-order valence-corrected chi connectivity index (χ1v) is 9.87. The van der Waals surface area contributed by atoms with Crippen LogP contribution < -0.4 is 5.32 Å². The van der Waals surface area contributed by atoms with E-state index in [9.17, 15) is 0 Å². The van der Waals surface area contributed by atoms with Crippen molar-refractivity contribution in [3.05, 3.63) is 43.0 Å². The van der Waals surface area contributed by atoms with Gasteiger partial charge in [0.05, 0.1) is 35.8 Å². The second-order valence-corrected chi connectivity index (χ2v) is 7.38. The molecule has 0 amide bonds. The molecule has 5 aromatic rings. The van der Waals surface area contributed by atoms with Gasteiger partial charge >= 0.3 is 0 Å². The Bertz CT molecular complexity index is 1330. The zero-order valence-electron chi connectivity index (χ0n) is 16.0. The number of benzene rings is 1. The molecule has 0 spiro atoms. The third-order valence-corrected chi connectivity index (χ3v) is 5.43. The van der Waals surface area contributed by atoms with E-state index < -0.39 is 0 Å². The van der Waals surface area contributed by atoms with Gasteiger partial charge in [-0.25, -0.2) is 9.97 Å². The number of ether oxygens (including phenoxy) is 1. The van der Waals surface area contributed by atoms with E-state index in [0.29, 0.717) is 17.7 Å². The summed E-state index contributed by atoms with van der Waals surface area (Å²) in [6, 6.07) is 6.36. The van der Waals surface area contributed by atoms with E-state index in [-0.39, 0.29) is 0 Å². The van der Waals surface area contributed by atoms with Crippen molar-refractivity contribution < 1.29 is 4.74 Å². The number of fused-ring (bicyclic) bond motifs is 2. The van der Waals surface area contributed by atoms with Crippen LogP contribution in [0, 0.1) is 0 Å². The first-order chi connectivity index (χ1) is 14.8. The third-order valence-electron chi connectivity index (χ3n) is 5.43. The van der Waals surface area contributed by atoms with Crippen LogP contribution in [0.5, 0.6) is 0 Å². The van der Waals surface area contributed by atoms with Crippen LogP contribution in [0.1, 0.15) is 18.9 Å². The summed E-state index contributed by atoms with van der Waals surface area (Å²) < 4.78 is 7.45. The number of hydrogen-bond donors (Lipinski definition) is 3. The summed E-state index contributed by atoms with van der Waals surface area (Å²) in [5.41, 5.74) is 4.20. The normalized spacial score (nSPS) is 15.2. The molecule has 1 aliphatic rings. The molecule has 5 heterocycles. The average Bonchev–Trinajstić information content (AvgIpc) is 3.54. The van der Waals surface area contributed by atoms with Crippen LogP contribution in [0.2, 0.25) is 0 Å². The van der Waals surface area contributed by atoms with Crippen molar-refractivity contribution in [1.29, 1.82) is 0 Å². The van der Waals surface area contributed by atoms with Crippen molar-refractivity contribution in [2.75, 3.05) is 18.5 Å². The van der Waals surface area contributed by atoms with Gasteiger partial charge in [-0.2, -0.15) is 15.3 Å². The fourth-order valence-electron chi connectivity index (χ4n) is 3.82. The fourth-order valence-corrected chi connectivity index (χ4v) is 3.82. The van der Waals surface area contributed by atoms with Crippen LogP contribution in [-0.4, -0.2) is 53.4 Å². The lowest BCUT2D eigenvalue weighted by atomic mass is 10.1. The van der Waals surface area contributed by atoms with Gasteiger partial charge in [-0.15, -0.1) is 0 Å². The van der Waals surface area contributed by atoms with Crippen molar-refractivity contribution in [1.82, 2.24) is 40.1 Å². The molecule has 1 aliphatic heterocycles. The maximum absolute atomic E-state index is 5.45. The van der Waals surface area contributed by atoms with Gasteiger partial charge in [-0.05, 0) is 18.9 Å². The Morgan fingerprint density at radius 1 is 1.03 bits per heavy atom. The summed E-state index contributed by atoms with van der Waals surface area (Å²) in [6.07, 6.45) is 9.26. The van der Waals surface area contributed by atoms with Crippen LogP contribution in [-0.2, 0) is 4.74 Å². The lowest BCUT2D eigenvalue weighted by Gasteiger charge is -2.22. The maximum Gasteiger partial charge on any atom is 0.162 e. The molecule has 1 fully saturated rings. The number of aromatic nitrogens is 8. The minimum atomic E-state index is 0.364. The highest BCUT2D eigenvalue weighted by molar-refractivity contribution is 5.89. The number of hydrogen-bond acceptors (Lipinski definition) is 7. The molecule has 0 saturated carbocycles. The minimum Gasteiger partial charge on any atom is -0.381 e. The fraction of sp³-hybridized carbons (Fsp3) is 0.250. The predicted molar refractivity (Wildman–Crippen MR) is 111 cm³/mol. The van der Waals surface area contributed by atoms with E-state index in [0.717, 1.165) is 59.2 Å². The standard InChI is InChI=1S/C20H19N9O/c1-2-13-8-21-27-16(13)7-12(1)19-25-17-10-22-28-18(17)20(26-19)24-14-9-23-29(11-14)15-3-5-30-6-4-15/h1-2,7-11,15H,3-6H2,(H,21,27)(H,22,28)(H,24,25,26). The third kappa shape index (κ3) is 2.98. The highest BCUT2D eigenvalue weighted by Gasteiger charge is 2.17. The first-order valence-electron chi connectivity index (χ1n) is 9.87. The van der Waals surface area contributed by atoms with Gasteiger partial charge in [0.2, 0.25) is 0 Å². The lowest BCUT2D eigenvalue weighted by molar-refractivity contribution is 0.0662. The molecule has 150 valence electrons. The van der Waals surface area contributed by atoms with E-state index in [2.05, 4.69) is 35.8 Å². The maximum atomic E-state index is 5.45. The lowest BCUT2D eigenvalue weighted by Crippen LogP contribution is -2.19. The zero-order valence-corrected chi connectivity index (χ0v) is 16.0. The van der Waals surface area contributed by atoms with Gasteiger partial charge in [0.1, 0.15) is 11.0 Å². The summed E-state index contributed by atoms with van der Waals surface area (Å²) in [4.78, 5) is 9.43. The van der Waals surface area contributed by atoms with Crippen molar-refractivity contribution in [2.24, 2.45) is 0 Å². The Balaban J connectivity index is 1.36. The van der Waals surface area contributed by atoms with E-state index in [1.807, 2.05) is 35.3 Å². The van der Waals surface area contributed by atoms with Crippen LogP contribution in [0.3, 0.4) is 0 Å².